The van der Waals surface area contributed by atoms with Crippen molar-refractivity contribution >= 4 is 28.3 Å². The first-order valence-corrected chi connectivity index (χ1v) is 11.1. The van der Waals surface area contributed by atoms with Crippen LogP contribution in [-0.4, -0.2) is 52.1 Å². The summed E-state index contributed by atoms with van der Waals surface area (Å²) in [5.74, 6) is 0.718. The summed E-state index contributed by atoms with van der Waals surface area (Å²) < 4.78 is 5.88. The van der Waals surface area contributed by atoms with Crippen LogP contribution in [0, 0.1) is 5.92 Å². The number of amides is 1. The van der Waals surface area contributed by atoms with Gasteiger partial charge < -0.3 is 15.0 Å². The topological polar surface area (TPSA) is 80.2 Å². The Bertz CT molecular complexity index is 1240. The van der Waals surface area contributed by atoms with Crippen molar-refractivity contribution in [2.75, 3.05) is 31.6 Å². The van der Waals surface area contributed by atoms with E-state index in [4.69, 9.17) is 4.74 Å². The molecule has 1 unspecified atom stereocenters. The molecular weight excluding hydrogens is 414 g/mol. The summed E-state index contributed by atoms with van der Waals surface area (Å²) in [7, 11) is 0. The highest BCUT2D eigenvalue weighted by Gasteiger charge is 2.24. The lowest BCUT2D eigenvalue weighted by molar-refractivity contribution is 0.0737. The minimum Gasteiger partial charge on any atom is -0.379 e. The summed E-state index contributed by atoms with van der Waals surface area (Å²) in [6, 6.07) is 17.6. The van der Waals surface area contributed by atoms with Crippen LogP contribution in [0.1, 0.15) is 15.9 Å². The number of fused-ring (bicyclic) bond motifs is 1. The molecule has 0 radical (unpaired) electrons. The van der Waals surface area contributed by atoms with Gasteiger partial charge in [0, 0.05) is 60.4 Å². The van der Waals surface area contributed by atoms with Crippen molar-refractivity contribution in [1.29, 1.82) is 0 Å². The predicted octanol–water partition coefficient (Wildman–Crippen LogP) is 4.10. The normalized spacial score (nSPS) is 16.4. The number of carbonyl (C=O) groups is 1. The Hall–Kier alpha value is -3.84. The third-order valence-electron chi connectivity index (χ3n) is 5.84. The van der Waals surface area contributed by atoms with Gasteiger partial charge in [0.2, 0.25) is 5.95 Å². The molecule has 33 heavy (non-hydrogen) atoms. The summed E-state index contributed by atoms with van der Waals surface area (Å²) in [6.45, 7) is 2.41. The zero-order chi connectivity index (χ0) is 22.5. The predicted molar refractivity (Wildman–Crippen MR) is 127 cm³/mol. The van der Waals surface area contributed by atoms with Gasteiger partial charge in [-0.1, -0.05) is 24.3 Å². The van der Waals surface area contributed by atoms with E-state index in [9.17, 15) is 4.79 Å². The Labute approximate surface area is 192 Å². The van der Waals surface area contributed by atoms with Crippen LogP contribution in [0.4, 0.5) is 11.6 Å². The van der Waals surface area contributed by atoms with E-state index >= 15 is 0 Å². The fourth-order valence-electron chi connectivity index (χ4n) is 4.27. The number of anilines is 2. The van der Waals surface area contributed by atoms with Crippen LogP contribution in [0.25, 0.3) is 10.8 Å². The Morgan fingerprint density at radius 1 is 1.06 bits per heavy atom. The van der Waals surface area contributed by atoms with E-state index in [1.54, 1.807) is 18.5 Å². The van der Waals surface area contributed by atoms with Crippen molar-refractivity contribution in [1.82, 2.24) is 19.9 Å². The number of nitrogens with zero attached hydrogens (tertiary/aromatic N) is 4. The van der Waals surface area contributed by atoms with Gasteiger partial charge in [0.1, 0.15) is 0 Å². The number of ether oxygens (including phenoxy) is 1. The summed E-state index contributed by atoms with van der Waals surface area (Å²) in [5.41, 5.74) is 2.67. The lowest BCUT2D eigenvalue weighted by atomic mass is 9.95. The maximum absolute atomic E-state index is 13.4. The van der Waals surface area contributed by atoms with Gasteiger partial charge in [-0.3, -0.25) is 9.78 Å². The molecule has 5 rings (SSSR count). The van der Waals surface area contributed by atoms with Crippen molar-refractivity contribution in [3.63, 3.8) is 0 Å². The molecular formula is C26H25N5O2. The van der Waals surface area contributed by atoms with E-state index in [0.29, 0.717) is 37.8 Å². The first-order valence-electron chi connectivity index (χ1n) is 11.1. The molecule has 1 amide bonds. The Balaban J connectivity index is 1.32. The summed E-state index contributed by atoms with van der Waals surface area (Å²) in [6.07, 6.45) is 7.91. The molecule has 1 aliphatic heterocycles. The number of hydrogen-bond acceptors (Lipinski definition) is 6. The fourth-order valence-corrected chi connectivity index (χ4v) is 4.27. The molecule has 166 valence electrons. The van der Waals surface area contributed by atoms with Gasteiger partial charge >= 0.3 is 0 Å². The Morgan fingerprint density at radius 2 is 1.94 bits per heavy atom. The molecule has 4 aromatic rings. The van der Waals surface area contributed by atoms with E-state index in [1.165, 1.54) is 10.9 Å². The third-order valence-corrected chi connectivity index (χ3v) is 5.84. The zero-order valence-corrected chi connectivity index (χ0v) is 18.2. The second-order valence-corrected chi connectivity index (χ2v) is 8.19. The first kappa shape index (κ1) is 21.0. The average Bonchev–Trinajstić information content (AvgIpc) is 3.10. The molecule has 0 bridgehead atoms. The average molecular weight is 440 g/mol. The van der Waals surface area contributed by atoms with Crippen molar-refractivity contribution in [2.45, 2.75) is 6.42 Å². The molecule has 1 saturated heterocycles. The monoisotopic (exact) mass is 439 g/mol. The molecule has 1 atom stereocenters. The van der Waals surface area contributed by atoms with E-state index < -0.39 is 0 Å². The molecule has 7 heteroatoms. The van der Waals surface area contributed by atoms with Crippen molar-refractivity contribution in [3.8, 4) is 0 Å². The lowest BCUT2D eigenvalue weighted by Gasteiger charge is -2.24. The van der Waals surface area contributed by atoms with E-state index in [-0.39, 0.29) is 11.8 Å². The number of hydrogen-bond donors (Lipinski definition) is 1. The van der Waals surface area contributed by atoms with Crippen LogP contribution >= 0.6 is 0 Å². The van der Waals surface area contributed by atoms with E-state index in [0.717, 1.165) is 17.5 Å². The lowest BCUT2D eigenvalue weighted by Crippen LogP contribution is -2.36. The van der Waals surface area contributed by atoms with Crippen molar-refractivity contribution in [3.05, 3.63) is 90.5 Å². The number of nitrogens with one attached hydrogen (secondary N) is 1. The maximum atomic E-state index is 13.4. The van der Waals surface area contributed by atoms with Gasteiger partial charge in [0.25, 0.3) is 5.91 Å². The van der Waals surface area contributed by atoms with Gasteiger partial charge in [0.05, 0.1) is 13.2 Å². The van der Waals surface area contributed by atoms with Crippen LogP contribution in [0.5, 0.6) is 0 Å². The molecule has 1 N–H and O–H groups in total. The Morgan fingerprint density at radius 3 is 2.85 bits per heavy atom. The highest BCUT2D eigenvalue weighted by Crippen LogP contribution is 2.23. The minimum atomic E-state index is 0.00486. The number of pyridine rings is 1. The molecule has 3 heterocycles. The zero-order valence-electron chi connectivity index (χ0n) is 18.2. The number of aromatic nitrogens is 3. The highest BCUT2D eigenvalue weighted by molar-refractivity contribution is 5.95. The molecule has 7 nitrogen and oxygen atoms in total. The van der Waals surface area contributed by atoms with Crippen molar-refractivity contribution in [2.24, 2.45) is 5.92 Å². The molecule has 2 aromatic carbocycles. The fraction of sp³-hybridized carbons (Fsp3) is 0.231. The molecule has 0 aliphatic carbocycles. The van der Waals surface area contributed by atoms with Gasteiger partial charge in [-0.05, 0) is 47.7 Å². The summed E-state index contributed by atoms with van der Waals surface area (Å²) >= 11 is 0. The smallest absolute Gasteiger partial charge is 0.254 e. The van der Waals surface area contributed by atoms with Gasteiger partial charge in [0.15, 0.2) is 0 Å². The SMILES string of the molecule is O=C(c1cccc(Nc2ncccn2)c1)N1CCOCC(Cc2cccc3cnccc23)C1. The van der Waals surface area contributed by atoms with Crippen LogP contribution in [-0.2, 0) is 11.2 Å². The van der Waals surface area contributed by atoms with Gasteiger partial charge in [-0.2, -0.15) is 0 Å². The summed E-state index contributed by atoms with van der Waals surface area (Å²) in [5, 5.41) is 5.48. The molecule has 1 aliphatic rings. The van der Waals surface area contributed by atoms with Crippen LogP contribution in [0.2, 0.25) is 0 Å². The van der Waals surface area contributed by atoms with Crippen molar-refractivity contribution < 1.29 is 9.53 Å². The van der Waals surface area contributed by atoms with Crippen LogP contribution in [0.3, 0.4) is 0 Å². The molecule has 0 saturated carbocycles. The largest absolute Gasteiger partial charge is 0.379 e. The van der Waals surface area contributed by atoms with E-state index in [2.05, 4.69) is 44.5 Å². The van der Waals surface area contributed by atoms with Crippen LogP contribution in [0.15, 0.2) is 79.4 Å². The maximum Gasteiger partial charge on any atom is 0.254 e. The number of carbonyl (C=O) groups excluding carboxylic acids is 1. The second-order valence-electron chi connectivity index (χ2n) is 8.19. The number of benzene rings is 2. The summed E-state index contributed by atoms with van der Waals surface area (Å²) in [4.78, 5) is 27.9. The highest BCUT2D eigenvalue weighted by atomic mass is 16.5. The standard InChI is InChI=1S/C26H25N5O2/c32-25(21-5-2-7-23(15-21)30-26-28-9-3-10-29-26)31-12-13-33-18-19(17-31)14-20-4-1-6-22-16-27-11-8-24(20)22/h1-11,15-16,19H,12-14,17-18H2,(H,28,29,30). The quantitative estimate of drug-likeness (QED) is 0.504. The second kappa shape index (κ2) is 9.75. The molecule has 2 aromatic heterocycles. The first-order chi connectivity index (χ1) is 16.3. The number of rotatable bonds is 5. The molecule has 0 spiro atoms. The van der Waals surface area contributed by atoms with E-state index in [1.807, 2.05) is 41.6 Å². The minimum absolute atomic E-state index is 0.00486. The Kier molecular flexibility index (Phi) is 6.21. The van der Waals surface area contributed by atoms with Gasteiger partial charge in [-0.15, -0.1) is 0 Å². The van der Waals surface area contributed by atoms with Gasteiger partial charge in [-0.25, -0.2) is 9.97 Å². The third kappa shape index (κ3) is 4.99. The van der Waals surface area contributed by atoms with Crippen LogP contribution < -0.4 is 5.32 Å². The molecule has 1 fully saturated rings.